The highest BCUT2D eigenvalue weighted by Crippen LogP contribution is 2.20. The van der Waals surface area contributed by atoms with Crippen LogP contribution in [-0.2, 0) is 32.5 Å². The molecule has 1 aromatic heterocycles. The average molecular weight is 286 g/mol. The summed E-state index contributed by atoms with van der Waals surface area (Å²) in [6, 6.07) is 11.2. The summed E-state index contributed by atoms with van der Waals surface area (Å²) in [5.41, 5.74) is 4.50. The number of rotatable bonds is 5. The summed E-state index contributed by atoms with van der Waals surface area (Å²) >= 11 is 1.92. The maximum atomic E-state index is 3.60. The Balaban J connectivity index is 1.61. The summed E-state index contributed by atoms with van der Waals surface area (Å²) in [6.45, 7) is 6.30. The topological polar surface area (TPSA) is 24.1 Å². The van der Waals surface area contributed by atoms with Gasteiger partial charge in [-0.3, -0.25) is 0 Å². The minimum Gasteiger partial charge on any atom is -0.312 e. The van der Waals surface area contributed by atoms with E-state index in [2.05, 4.69) is 47.9 Å². The minimum absolute atomic E-state index is 0.975. The number of thiophene rings is 1. The normalized spacial score (nSPS) is 14.2. The van der Waals surface area contributed by atoms with Crippen LogP contribution < -0.4 is 10.6 Å². The molecule has 0 saturated heterocycles. The van der Waals surface area contributed by atoms with Gasteiger partial charge in [-0.25, -0.2) is 0 Å². The van der Waals surface area contributed by atoms with Crippen LogP contribution in [0.15, 0.2) is 30.3 Å². The van der Waals surface area contributed by atoms with Gasteiger partial charge in [0, 0.05) is 29.4 Å². The van der Waals surface area contributed by atoms with Gasteiger partial charge < -0.3 is 10.6 Å². The fourth-order valence-corrected chi connectivity index (χ4v) is 3.73. The Morgan fingerprint density at radius 1 is 1.15 bits per heavy atom. The van der Waals surface area contributed by atoms with E-state index < -0.39 is 0 Å². The molecule has 20 heavy (non-hydrogen) atoms. The Bertz CT molecular complexity index is 574. The van der Waals surface area contributed by atoms with Crippen LogP contribution in [0.1, 0.15) is 33.4 Å². The summed E-state index contributed by atoms with van der Waals surface area (Å²) in [5, 5.41) is 7.04. The zero-order valence-electron chi connectivity index (χ0n) is 12.0. The van der Waals surface area contributed by atoms with E-state index in [4.69, 9.17) is 0 Å². The maximum absolute atomic E-state index is 3.60. The summed E-state index contributed by atoms with van der Waals surface area (Å²) in [4.78, 5) is 2.92. The van der Waals surface area contributed by atoms with Crippen molar-refractivity contribution < 1.29 is 0 Å². The summed E-state index contributed by atoms with van der Waals surface area (Å²) < 4.78 is 0. The van der Waals surface area contributed by atoms with Crippen LogP contribution >= 0.6 is 11.3 Å². The highest BCUT2D eigenvalue weighted by atomic mass is 32.1. The van der Waals surface area contributed by atoms with Gasteiger partial charge in [-0.1, -0.05) is 25.1 Å². The highest BCUT2D eigenvalue weighted by Gasteiger charge is 2.11. The van der Waals surface area contributed by atoms with Crippen LogP contribution in [0, 0.1) is 0 Å². The zero-order valence-corrected chi connectivity index (χ0v) is 12.9. The Kier molecular flexibility index (Phi) is 4.51. The zero-order chi connectivity index (χ0) is 13.8. The molecular weight excluding hydrogens is 264 g/mol. The Hall–Kier alpha value is -1.16. The molecule has 1 aliphatic heterocycles. The van der Waals surface area contributed by atoms with Gasteiger partial charge in [-0.15, -0.1) is 11.3 Å². The molecule has 0 aliphatic carbocycles. The van der Waals surface area contributed by atoms with Gasteiger partial charge in [0.05, 0.1) is 0 Å². The van der Waals surface area contributed by atoms with Gasteiger partial charge in [-0.2, -0.15) is 0 Å². The highest BCUT2D eigenvalue weighted by molar-refractivity contribution is 7.11. The monoisotopic (exact) mass is 286 g/mol. The number of hydrogen-bond acceptors (Lipinski definition) is 3. The molecule has 2 aromatic rings. The van der Waals surface area contributed by atoms with E-state index in [0.29, 0.717) is 0 Å². The van der Waals surface area contributed by atoms with Crippen LogP contribution in [-0.4, -0.2) is 6.54 Å². The Morgan fingerprint density at radius 2 is 2.05 bits per heavy atom. The van der Waals surface area contributed by atoms with Crippen molar-refractivity contribution in [2.75, 3.05) is 6.54 Å². The quantitative estimate of drug-likeness (QED) is 0.881. The molecular formula is C17H22N2S. The molecule has 2 nitrogen and oxygen atoms in total. The lowest BCUT2D eigenvalue weighted by Crippen LogP contribution is -2.25. The third-order valence-corrected chi connectivity index (χ3v) is 5.15. The fourth-order valence-electron chi connectivity index (χ4n) is 2.80. The maximum Gasteiger partial charge on any atom is 0.0303 e. The van der Waals surface area contributed by atoms with Crippen molar-refractivity contribution in [3.63, 3.8) is 0 Å². The van der Waals surface area contributed by atoms with Crippen LogP contribution in [0.5, 0.6) is 0 Å². The third kappa shape index (κ3) is 3.11. The summed E-state index contributed by atoms with van der Waals surface area (Å²) in [5.74, 6) is 0. The third-order valence-electron chi connectivity index (χ3n) is 3.92. The van der Waals surface area contributed by atoms with Gasteiger partial charge in [0.15, 0.2) is 0 Å². The Morgan fingerprint density at radius 3 is 2.90 bits per heavy atom. The van der Waals surface area contributed by atoms with Gasteiger partial charge in [-0.05, 0) is 48.2 Å². The lowest BCUT2D eigenvalue weighted by atomic mass is 9.95. The molecule has 106 valence electrons. The lowest BCUT2D eigenvalue weighted by Gasteiger charge is -2.20. The van der Waals surface area contributed by atoms with Gasteiger partial charge >= 0.3 is 0 Å². The molecule has 3 rings (SSSR count). The van der Waals surface area contributed by atoms with E-state index in [9.17, 15) is 0 Å². The molecule has 0 fully saturated rings. The standard InChI is InChI=1S/C17H22N2S/c1-2-15-6-7-16(20-15)12-19-11-14-5-3-4-13-10-18-9-8-17(13)14/h3-7,18-19H,2,8-12H2,1H3. The number of fused-ring (bicyclic) bond motifs is 1. The molecule has 0 saturated carbocycles. The molecule has 0 radical (unpaired) electrons. The molecule has 0 atom stereocenters. The molecule has 2 N–H and O–H groups in total. The first-order valence-electron chi connectivity index (χ1n) is 7.45. The van der Waals surface area contributed by atoms with Crippen molar-refractivity contribution >= 4 is 11.3 Å². The first-order valence-corrected chi connectivity index (χ1v) is 8.27. The number of nitrogens with one attached hydrogen (secondary N) is 2. The second-order valence-electron chi connectivity index (χ2n) is 5.31. The van der Waals surface area contributed by atoms with E-state index in [0.717, 1.165) is 39.0 Å². The SMILES string of the molecule is CCc1ccc(CNCc2cccc3c2CCNC3)s1. The molecule has 0 spiro atoms. The van der Waals surface area contributed by atoms with Crippen molar-refractivity contribution in [3.05, 3.63) is 56.8 Å². The molecule has 0 amide bonds. The number of aryl methyl sites for hydroxylation is 1. The van der Waals surface area contributed by atoms with E-state index >= 15 is 0 Å². The number of benzene rings is 1. The molecule has 1 aliphatic rings. The molecule has 0 bridgehead atoms. The van der Waals surface area contributed by atoms with Crippen molar-refractivity contribution in [2.24, 2.45) is 0 Å². The van der Waals surface area contributed by atoms with E-state index in [1.165, 1.54) is 20.9 Å². The average Bonchev–Trinajstić information content (AvgIpc) is 2.95. The van der Waals surface area contributed by atoms with Crippen LogP contribution in [0.3, 0.4) is 0 Å². The van der Waals surface area contributed by atoms with Crippen molar-refractivity contribution in [1.29, 1.82) is 0 Å². The predicted molar refractivity (Wildman–Crippen MR) is 86.1 cm³/mol. The Labute approximate surface area is 125 Å². The van der Waals surface area contributed by atoms with Gasteiger partial charge in [0.1, 0.15) is 0 Å². The first-order chi connectivity index (χ1) is 9.86. The predicted octanol–water partition coefficient (Wildman–Crippen LogP) is 3.25. The second-order valence-corrected chi connectivity index (χ2v) is 6.56. The van der Waals surface area contributed by atoms with Gasteiger partial charge in [0.25, 0.3) is 0 Å². The largest absolute Gasteiger partial charge is 0.312 e. The van der Waals surface area contributed by atoms with Crippen LogP contribution in [0.25, 0.3) is 0 Å². The lowest BCUT2D eigenvalue weighted by molar-refractivity contribution is 0.627. The molecule has 3 heteroatoms. The molecule has 2 heterocycles. The van der Waals surface area contributed by atoms with Crippen molar-refractivity contribution in [2.45, 2.75) is 39.4 Å². The van der Waals surface area contributed by atoms with Gasteiger partial charge in [0.2, 0.25) is 0 Å². The molecule has 0 unspecified atom stereocenters. The van der Waals surface area contributed by atoms with E-state index in [1.54, 1.807) is 5.56 Å². The smallest absolute Gasteiger partial charge is 0.0303 e. The van der Waals surface area contributed by atoms with E-state index in [1.807, 2.05) is 11.3 Å². The van der Waals surface area contributed by atoms with Crippen molar-refractivity contribution in [1.82, 2.24) is 10.6 Å². The number of hydrogen-bond donors (Lipinski definition) is 2. The minimum atomic E-state index is 0.975. The van der Waals surface area contributed by atoms with E-state index in [-0.39, 0.29) is 0 Å². The summed E-state index contributed by atoms with van der Waals surface area (Å²) in [6.07, 6.45) is 2.30. The fraction of sp³-hybridized carbons (Fsp3) is 0.412. The second kappa shape index (κ2) is 6.53. The molecule has 1 aromatic carbocycles. The van der Waals surface area contributed by atoms with Crippen molar-refractivity contribution in [3.8, 4) is 0 Å². The van der Waals surface area contributed by atoms with Crippen LogP contribution in [0.2, 0.25) is 0 Å². The van der Waals surface area contributed by atoms with Crippen LogP contribution in [0.4, 0.5) is 0 Å². The summed E-state index contributed by atoms with van der Waals surface area (Å²) in [7, 11) is 0. The first kappa shape index (κ1) is 13.8.